The average Bonchev–Trinajstić information content (AvgIpc) is 3.07. The molecule has 1 saturated heterocycles. The predicted molar refractivity (Wildman–Crippen MR) is 147 cm³/mol. The summed E-state index contributed by atoms with van der Waals surface area (Å²) in [6.07, 6.45) is 1.63. The van der Waals surface area contributed by atoms with Gasteiger partial charge in [-0.2, -0.15) is 0 Å². The molecule has 36 heavy (non-hydrogen) atoms. The van der Waals surface area contributed by atoms with Crippen molar-refractivity contribution in [3.05, 3.63) is 96.8 Å². The van der Waals surface area contributed by atoms with E-state index in [9.17, 15) is 14.4 Å². The second-order valence-electron chi connectivity index (χ2n) is 7.90. The number of halogens is 3. The van der Waals surface area contributed by atoms with Crippen LogP contribution in [0.15, 0.2) is 70.0 Å². The van der Waals surface area contributed by atoms with Gasteiger partial charge in [0.1, 0.15) is 5.75 Å². The van der Waals surface area contributed by atoms with Crippen molar-refractivity contribution in [1.82, 2.24) is 4.90 Å². The molecule has 1 aliphatic heterocycles. The molecule has 0 radical (unpaired) electrons. The molecule has 0 spiro atoms. The molecule has 0 aromatic heterocycles. The molecule has 1 N–H and O–H groups in total. The number of ether oxygens (including phenoxy) is 1. The molecule has 184 valence electrons. The molecule has 3 aromatic carbocycles. The summed E-state index contributed by atoms with van der Waals surface area (Å²) in [6.45, 7) is 1.83. The number of carbonyl (C=O) groups is 3. The first-order valence-electron chi connectivity index (χ1n) is 10.7. The Kier molecular flexibility index (Phi) is 8.41. The van der Waals surface area contributed by atoms with Gasteiger partial charge in [0.15, 0.2) is 6.61 Å². The Balaban J connectivity index is 1.39. The number of hydrogen-bond acceptors (Lipinski definition) is 5. The minimum Gasteiger partial charge on any atom is -0.483 e. The van der Waals surface area contributed by atoms with Gasteiger partial charge in [0.05, 0.1) is 15.9 Å². The number of amides is 3. The van der Waals surface area contributed by atoms with E-state index >= 15 is 0 Å². The van der Waals surface area contributed by atoms with Gasteiger partial charge in [-0.05, 0) is 93.8 Å². The van der Waals surface area contributed by atoms with Crippen LogP contribution >= 0.6 is 50.9 Å². The summed E-state index contributed by atoms with van der Waals surface area (Å²) in [4.78, 5) is 39.0. The highest BCUT2D eigenvalue weighted by Crippen LogP contribution is 2.35. The monoisotopic (exact) mass is 604 g/mol. The van der Waals surface area contributed by atoms with Gasteiger partial charge in [0.25, 0.3) is 17.1 Å². The van der Waals surface area contributed by atoms with E-state index in [1.807, 2.05) is 25.1 Å². The van der Waals surface area contributed by atoms with Crippen molar-refractivity contribution < 1.29 is 19.1 Å². The fraction of sp³-hybridized carbons (Fsp3) is 0.115. The molecule has 0 atom stereocenters. The van der Waals surface area contributed by atoms with Crippen molar-refractivity contribution >= 4 is 79.7 Å². The number of carbonyl (C=O) groups excluding carboxylic acids is 3. The van der Waals surface area contributed by atoms with Gasteiger partial charge < -0.3 is 10.1 Å². The van der Waals surface area contributed by atoms with E-state index in [0.29, 0.717) is 42.0 Å². The van der Waals surface area contributed by atoms with Gasteiger partial charge >= 0.3 is 0 Å². The summed E-state index contributed by atoms with van der Waals surface area (Å²) in [7, 11) is 0. The van der Waals surface area contributed by atoms with Crippen LogP contribution < -0.4 is 10.1 Å². The average molecular weight is 606 g/mol. The Morgan fingerprint density at radius 3 is 2.64 bits per heavy atom. The number of nitrogens with zero attached hydrogens (tertiary/aromatic N) is 1. The predicted octanol–water partition coefficient (Wildman–Crippen LogP) is 7.32. The van der Waals surface area contributed by atoms with Crippen LogP contribution in [0.4, 0.5) is 10.5 Å². The van der Waals surface area contributed by atoms with E-state index in [2.05, 4.69) is 21.2 Å². The van der Waals surface area contributed by atoms with Gasteiger partial charge in [-0.3, -0.25) is 19.3 Å². The lowest BCUT2D eigenvalue weighted by Crippen LogP contribution is -2.27. The van der Waals surface area contributed by atoms with Crippen LogP contribution in [0, 0.1) is 6.92 Å². The Labute approximate surface area is 230 Å². The second-order valence-corrected chi connectivity index (χ2v) is 10.6. The number of aryl methyl sites for hydroxylation is 1. The van der Waals surface area contributed by atoms with Crippen molar-refractivity contribution in [2.75, 3.05) is 11.9 Å². The molecule has 0 aliphatic carbocycles. The van der Waals surface area contributed by atoms with Crippen LogP contribution in [-0.2, 0) is 16.1 Å². The van der Waals surface area contributed by atoms with Crippen LogP contribution in [0.5, 0.6) is 5.75 Å². The topological polar surface area (TPSA) is 75.7 Å². The molecule has 4 rings (SSSR count). The number of rotatable bonds is 7. The van der Waals surface area contributed by atoms with Crippen molar-refractivity contribution in [3.8, 4) is 5.75 Å². The van der Waals surface area contributed by atoms with E-state index in [4.69, 9.17) is 27.9 Å². The van der Waals surface area contributed by atoms with Crippen LogP contribution in [0.2, 0.25) is 10.0 Å². The van der Waals surface area contributed by atoms with Crippen LogP contribution in [0.1, 0.15) is 16.7 Å². The smallest absolute Gasteiger partial charge is 0.293 e. The van der Waals surface area contributed by atoms with E-state index in [1.54, 1.807) is 48.5 Å². The molecule has 6 nitrogen and oxygen atoms in total. The Bertz CT molecular complexity index is 1400. The molecular weight excluding hydrogens is 587 g/mol. The molecule has 1 fully saturated rings. The van der Waals surface area contributed by atoms with Gasteiger partial charge in [-0.1, -0.05) is 47.5 Å². The Morgan fingerprint density at radius 1 is 1.11 bits per heavy atom. The minimum absolute atomic E-state index is 0.0547. The molecule has 1 heterocycles. The maximum atomic E-state index is 12.9. The number of anilines is 1. The number of benzene rings is 3. The summed E-state index contributed by atoms with van der Waals surface area (Å²) in [5.74, 6) is -0.219. The van der Waals surface area contributed by atoms with Gasteiger partial charge in [-0.25, -0.2) is 0 Å². The summed E-state index contributed by atoms with van der Waals surface area (Å²) in [6, 6.07) is 17.6. The standard InChI is InChI=1S/C26H19BrCl2N2O4S/c1-15-3-2-4-19(9-15)30-24(32)14-35-22-8-5-16(10-20(22)27)11-23-25(33)31(26(34)36-23)13-17-6-7-18(28)12-21(17)29/h2-12H,13-14H2,1H3,(H,30,32)/b23-11-. The van der Waals surface area contributed by atoms with Crippen molar-refractivity contribution in [1.29, 1.82) is 0 Å². The fourth-order valence-electron chi connectivity index (χ4n) is 3.40. The van der Waals surface area contributed by atoms with Crippen LogP contribution in [0.3, 0.4) is 0 Å². The first-order valence-corrected chi connectivity index (χ1v) is 13.0. The fourth-order valence-corrected chi connectivity index (χ4v) is 5.21. The number of nitrogens with one attached hydrogen (secondary N) is 1. The number of hydrogen-bond donors (Lipinski definition) is 1. The second kappa shape index (κ2) is 11.5. The lowest BCUT2D eigenvalue weighted by atomic mass is 10.2. The zero-order chi connectivity index (χ0) is 25.8. The quantitative estimate of drug-likeness (QED) is 0.286. The maximum Gasteiger partial charge on any atom is 0.293 e. The molecule has 3 amide bonds. The zero-order valence-electron chi connectivity index (χ0n) is 18.9. The lowest BCUT2D eigenvalue weighted by molar-refractivity contribution is -0.123. The summed E-state index contributed by atoms with van der Waals surface area (Å²) >= 11 is 16.4. The van der Waals surface area contributed by atoms with Crippen molar-refractivity contribution in [2.24, 2.45) is 0 Å². The van der Waals surface area contributed by atoms with Gasteiger partial charge in [0, 0.05) is 15.7 Å². The summed E-state index contributed by atoms with van der Waals surface area (Å²) < 4.78 is 6.23. The third-order valence-electron chi connectivity index (χ3n) is 5.13. The largest absolute Gasteiger partial charge is 0.483 e. The highest BCUT2D eigenvalue weighted by atomic mass is 79.9. The highest BCUT2D eigenvalue weighted by molar-refractivity contribution is 9.10. The normalized spacial score (nSPS) is 14.4. The van der Waals surface area contributed by atoms with Crippen LogP contribution in [-0.4, -0.2) is 28.6 Å². The Morgan fingerprint density at radius 2 is 1.92 bits per heavy atom. The van der Waals surface area contributed by atoms with Crippen LogP contribution in [0.25, 0.3) is 6.08 Å². The van der Waals surface area contributed by atoms with E-state index in [0.717, 1.165) is 22.2 Å². The van der Waals surface area contributed by atoms with E-state index < -0.39 is 5.91 Å². The third-order valence-corrected chi connectivity index (χ3v) is 7.25. The van der Waals surface area contributed by atoms with Crippen molar-refractivity contribution in [2.45, 2.75) is 13.5 Å². The highest BCUT2D eigenvalue weighted by Gasteiger charge is 2.35. The molecule has 10 heteroatoms. The third kappa shape index (κ3) is 6.50. The first kappa shape index (κ1) is 26.3. The molecule has 0 saturated carbocycles. The molecule has 0 bridgehead atoms. The van der Waals surface area contributed by atoms with Crippen molar-refractivity contribution in [3.63, 3.8) is 0 Å². The lowest BCUT2D eigenvalue weighted by Gasteiger charge is -2.13. The molecule has 3 aromatic rings. The van der Waals surface area contributed by atoms with Gasteiger partial charge in [-0.15, -0.1) is 0 Å². The summed E-state index contributed by atoms with van der Waals surface area (Å²) in [5.41, 5.74) is 3.05. The van der Waals surface area contributed by atoms with E-state index in [1.165, 1.54) is 0 Å². The molecule has 1 aliphatic rings. The molecule has 0 unspecified atom stereocenters. The minimum atomic E-state index is -0.403. The molecular formula is C26H19BrCl2N2O4S. The number of imide groups is 1. The van der Waals surface area contributed by atoms with E-state index in [-0.39, 0.29) is 24.3 Å². The maximum absolute atomic E-state index is 12.9. The number of thioether (sulfide) groups is 1. The SMILES string of the molecule is Cc1cccc(NC(=O)COc2ccc(/C=C3\SC(=O)N(Cc4ccc(Cl)cc4Cl)C3=O)cc2Br)c1. The Hall–Kier alpha value is -2.78. The summed E-state index contributed by atoms with van der Waals surface area (Å²) in [5, 5.41) is 3.27. The van der Waals surface area contributed by atoms with Gasteiger partial charge in [0.2, 0.25) is 0 Å². The zero-order valence-corrected chi connectivity index (χ0v) is 22.8. The first-order chi connectivity index (χ1) is 17.2.